The van der Waals surface area contributed by atoms with Crippen molar-refractivity contribution in [3.8, 4) is 0 Å². The minimum Gasteiger partial charge on any atom is -0.363 e. The third-order valence-corrected chi connectivity index (χ3v) is 5.36. The van der Waals surface area contributed by atoms with Crippen LogP contribution in [0, 0.1) is 0 Å². The molecule has 1 aromatic heterocycles. The number of rotatable bonds is 3. The summed E-state index contributed by atoms with van der Waals surface area (Å²) in [5, 5.41) is 3.02. The van der Waals surface area contributed by atoms with Gasteiger partial charge in [0.15, 0.2) is 0 Å². The zero-order chi connectivity index (χ0) is 20.4. The Labute approximate surface area is 166 Å². The number of nitrogens with one attached hydrogen (secondary N) is 1. The molecule has 0 saturated carbocycles. The van der Waals surface area contributed by atoms with Crippen molar-refractivity contribution in [2.45, 2.75) is 44.2 Å². The third-order valence-electron chi connectivity index (χ3n) is 5.36. The van der Waals surface area contributed by atoms with E-state index >= 15 is 0 Å². The molecule has 3 heterocycles. The summed E-state index contributed by atoms with van der Waals surface area (Å²) in [6.07, 6.45) is -2.28. The second kappa shape index (κ2) is 7.98. The Kier molecular flexibility index (Phi) is 5.40. The summed E-state index contributed by atoms with van der Waals surface area (Å²) in [5.41, 5.74) is 1.28. The number of anilines is 1. The van der Waals surface area contributed by atoms with Gasteiger partial charge in [0, 0.05) is 31.6 Å². The van der Waals surface area contributed by atoms with E-state index in [1.165, 1.54) is 0 Å². The number of hydrogen-bond donors (Lipinski definition) is 1. The summed E-state index contributed by atoms with van der Waals surface area (Å²) in [6, 6.07) is 8.83. The molecule has 1 N–H and O–H groups in total. The van der Waals surface area contributed by atoms with E-state index in [0.717, 1.165) is 23.5 Å². The number of piperidine rings is 1. The molecule has 2 aliphatic rings. The number of carbonyl (C=O) groups excluding carboxylic acids is 1. The molecule has 1 fully saturated rings. The Morgan fingerprint density at radius 1 is 1.14 bits per heavy atom. The van der Waals surface area contributed by atoms with Crippen LogP contribution in [0.15, 0.2) is 36.7 Å². The maximum atomic E-state index is 12.8. The van der Waals surface area contributed by atoms with Gasteiger partial charge in [-0.15, -0.1) is 0 Å². The van der Waals surface area contributed by atoms with E-state index in [1.54, 1.807) is 4.90 Å². The van der Waals surface area contributed by atoms with Crippen molar-refractivity contribution in [3.63, 3.8) is 0 Å². The van der Waals surface area contributed by atoms with Crippen molar-refractivity contribution >= 4 is 11.7 Å². The lowest BCUT2D eigenvalue weighted by molar-refractivity contribution is -0.141. The summed E-state index contributed by atoms with van der Waals surface area (Å²) >= 11 is 0. The summed E-state index contributed by atoms with van der Waals surface area (Å²) in [7, 11) is 0. The first kappa shape index (κ1) is 19.6. The molecule has 154 valence electrons. The van der Waals surface area contributed by atoms with Gasteiger partial charge in [0.1, 0.15) is 23.9 Å². The number of alkyl halides is 3. The second-order valence-corrected chi connectivity index (χ2v) is 7.30. The molecule has 1 amide bonds. The average Bonchev–Trinajstić information content (AvgIpc) is 2.73. The van der Waals surface area contributed by atoms with Crippen molar-refractivity contribution in [2.75, 3.05) is 18.0 Å². The minimum absolute atomic E-state index is 0.0385. The van der Waals surface area contributed by atoms with Crippen molar-refractivity contribution in [1.82, 2.24) is 15.3 Å². The third kappa shape index (κ3) is 4.50. The van der Waals surface area contributed by atoms with Gasteiger partial charge >= 0.3 is 6.18 Å². The van der Waals surface area contributed by atoms with E-state index in [9.17, 15) is 18.0 Å². The molecule has 2 aliphatic heterocycles. The van der Waals surface area contributed by atoms with Gasteiger partial charge in [-0.25, -0.2) is 9.97 Å². The van der Waals surface area contributed by atoms with Gasteiger partial charge in [0.2, 0.25) is 5.91 Å². The number of amides is 1. The number of halogens is 3. The highest BCUT2D eigenvalue weighted by Crippen LogP contribution is 2.29. The number of ether oxygens (including phenoxy) is 1. The molecule has 6 nitrogen and oxygen atoms in total. The molecule has 1 atom stereocenters. The molecular formula is C20H21F3N4O2. The largest absolute Gasteiger partial charge is 0.433 e. The Morgan fingerprint density at radius 2 is 1.86 bits per heavy atom. The lowest BCUT2D eigenvalue weighted by atomic mass is 9.98. The van der Waals surface area contributed by atoms with Gasteiger partial charge in [-0.2, -0.15) is 13.2 Å². The van der Waals surface area contributed by atoms with E-state index in [-0.39, 0.29) is 17.8 Å². The lowest BCUT2D eigenvalue weighted by Gasteiger charge is -2.34. The molecule has 1 saturated heterocycles. The van der Waals surface area contributed by atoms with E-state index in [1.807, 2.05) is 24.3 Å². The maximum absolute atomic E-state index is 12.8. The lowest BCUT2D eigenvalue weighted by Crippen LogP contribution is -2.49. The van der Waals surface area contributed by atoms with Crippen LogP contribution in [0.5, 0.6) is 0 Å². The molecule has 0 bridgehead atoms. The first-order valence-electron chi connectivity index (χ1n) is 9.53. The molecule has 4 rings (SSSR count). The van der Waals surface area contributed by atoms with Crippen LogP contribution in [0.25, 0.3) is 0 Å². The number of hydrogen-bond acceptors (Lipinski definition) is 5. The predicted octanol–water partition coefficient (Wildman–Crippen LogP) is 2.72. The van der Waals surface area contributed by atoms with Crippen LogP contribution >= 0.6 is 0 Å². The molecule has 1 aromatic carbocycles. The first-order valence-corrected chi connectivity index (χ1v) is 9.53. The number of carbonyl (C=O) groups is 1. The van der Waals surface area contributed by atoms with Crippen LogP contribution in [-0.2, 0) is 28.7 Å². The predicted molar refractivity (Wildman–Crippen MR) is 99.1 cm³/mol. The molecule has 29 heavy (non-hydrogen) atoms. The fraction of sp³-hybridized carbons (Fsp3) is 0.450. The molecule has 9 heteroatoms. The first-order chi connectivity index (χ1) is 13.9. The van der Waals surface area contributed by atoms with Crippen LogP contribution in [-0.4, -0.2) is 41.1 Å². The van der Waals surface area contributed by atoms with Gasteiger partial charge in [-0.3, -0.25) is 4.79 Å². The SMILES string of the molecule is O=C(NC1CCN(c2cc(C(F)(F)F)ncn2)CC1)C1Cc2ccccc2CO1. The number of aromatic nitrogens is 2. The van der Waals surface area contributed by atoms with E-state index in [0.29, 0.717) is 39.0 Å². The number of nitrogens with zero attached hydrogens (tertiary/aromatic N) is 3. The topological polar surface area (TPSA) is 67.4 Å². The van der Waals surface area contributed by atoms with Crippen LogP contribution in [0.3, 0.4) is 0 Å². The summed E-state index contributed by atoms with van der Waals surface area (Å²) in [6.45, 7) is 1.43. The second-order valence-electron chi connectivity index (χ2n) is 7.30. The van der Waals surface area contributed by atoms with Crippen LogP contribution < -0.4 is 10.2 Å². The highest BCUT2D eigenvalue weighted by molar-refractivity contribution is 5.81. The summed E-state index contributed by atoms with van der Waals surface area (Å²) in [5.74, 6) is 0.115. The van der Waals surface area contributed by atoms with Crippen LogP contribution in [0.2, 0.25) is 0 Å². The fourth-order valence-corrected chi connectivity index (χ4v) is 3.74. The van der Waals surface area contributed by atoms with Gasteiger partial charge in [-0.05, 0) is 24.0 Å². The quantitative estimate of drug-likeness (QED) is 0.849. The highest BCUT2D eigenvalue weighted by atomic mass is 19.4. The van der Waals surface area contributed by atoms with E-state index in [4.69, 9.17) is 4.74 Å². The van der Waals surface area contributed by atoms with Gasteiger partial charge in [0.25, 0.3) is 0 Å². The maximum Gasteiger partial charge on any atom is 0.433 e. The Morgan fingerprint density at radius 3 is 2.59 bits per heavy atom. The van der Waals surface area contributed by atoms with Crippen molar-refractivity contribution in [2.24, 2.45) is 0 Å². The van der Waals surface area contributed by atoms with E-state index in [2.05, 4.69) is 15.3 Å². The van der Waals surface area contributed by atoms with Gasteiger partial charge < -0.3 is 15.0 Å². The normalized spacial score (nSPS) is 20.2. The zero-order valence-electron chi connectivity index (χ0n) is 15.7. The standard InChI is InChI=1S/C20H21F3N4O2/c21-20(22,23)17-10-18(25-12-24-17)27-7-5-15(6-8-27)26-19(28)16-9-13-3-1-2-4-14(13)11-29-16/h1-4,10,12,15-16H,5-9,11H2,(H,26,28). The molecule has 0 aliphatic carbocycles. The minimum atomic E-state index is -4.50. The van der Waals surface area contributed by atoms with Gasteiger partial charge in [-0.1, -0.05) is 24.3 Å². The highest BCUT2D eigenvalue weighted by Gasteiger charge is 2.34. The van der Waals surface area contributed by atoms with Crippen LogP contribution in [0.4, 0.5) is 19.0 Å². The Bertz CT molecular complexity index is 882. The smallest absolute Gasteiger partial charge is 0.363 e. The monoisotopic (exact) mass is 406 g/mol. The molecule has 2 aromatic rings. The van der Waals surface area contributed by atoms with Crippen molar-refractivity contribution in [3.05, 3.63) is 53.5 Å². The summed E-state index contributed by atoms with van der Waals surface area (Å²) in [4.78, 5) is 21.6. The Hall–Kier alpha value is -2.68. The molecular weight excluding hydrogens is 385 g/mol. The molecule has 0 radical (unpaired) electrons. The molecule has 1 unspecified atom stereocenters. The average molecular weight is 406 g/mol. The zero-order valence-corrected chi connectivity index (χ0v) is 15.7. The number of fused-ring (bicyclic) bond motifs is 1. The van der Waals surface area contributed by atoms with E-state index < -0.39 is 18.0 Å². The Balaban J connectivity index is 1.31. The summed E-state index contributed by atoms with van der Waals surface area (Å²) < 4.78 is 44.2. The van der Waals surface area contributed by atoms with Crippen molar-refractivity contribution in [1.29, 1.82) is 0 Å². The number of benzene rings is 1. The van der Waals surface area contributed by atoms with Crippen molar-refractivity contribution < 1.29 is 22.7 Å². The fourth-order valence-electron chi connectivity index (χ4n) is 3.74. The van der Waals surface area contributed by atoms with Crippen LogP contribution in [0.1, 0.15) is 29.7 Å². The molecule has 0 spiro atoms. The van der Waals surface area contributed by atoms with Gasteiger partial charge in [0.05, 0.1) is 6.61 Å².